The highest BCUT2D eigenvalue weighted by molar-refractivity contribution is 5.68. The lowest BCUT2D eigenvalue weighted by Crippen LogP contribution is -2.59. The maximum absolute atomic E-state index is 13.5. The number of piperidine rings is 1. The zero-order valence-electron chi connectivity index (χ0n) is 11.6. The largest absolute Gasteiger partial charge is 0.444 e. The van der Waals surface area contributed by atoms with E-state index < -0.39 is 29.8 Å². The van der Waals surface area contributed by atoms with Crippen molar-refractivity contribution in [3.63, 3.8) is 0 Å². The molecule has 3 N–H and O–H groups in total. The molecule has 1 heterocycles. The van der Waals surface area contributed by atoms with Crippen molar-refractivity contribution in [1.82, 2.24) is 4.90 Å². The van der Waals surface area contributed by atoms with Gasteiger partial charge >= 0.3 is 6.09 Å². The predicted octanol–water partition coefficient (Wildman–Crippen LogP) is 1.34. The van der Waals surface area contributed by atoms with Gasteiger partial charge < -0.3 is 20.5 Å². The molecule has 1 rings (SSSR count). The first-order valence-electron chi connectivity index (χ1n) is 6.29. The van der Waals surface area contributed by atoms with Crippen LogP contribution in [0.4, 0.5) is 13.6 Å². The van der Waals surface area contributed by atoms with Gasteiger partial charge in [0.05, 0.1) is 6.54 Å². The maximum Gasteiger partial charge on any atom is 0.410 e. The first-order chi connectivity index (χ1) is 8.51. The number of ether oxygens (including phenoxy) is 1. The minimum atomic E-state index is -3.34. The Hall–Kier alpha value is -0.950. The monoisotopic (exact) mass is 280 g/mol. The summed E-state index contributed by atoms with van der Waals surface area (Å²) in [6, 6.07) is 0. The molecule has 0 aliphatic carbocycles. The van der Waals surface area contributed by atoms with E-state index in [-0.39, 0.29) is 25.9 Å². The molecule has 0 radical (unpaired) electrons. The van der Waals surface area contributed by atoms with E-state index in [0.29, 0.717) is 0 Å². The minimum Gasteiger partial charge on any atom is -0.444 e. The van der Waals surface area contributed by atoms with Gasteiger partial charge in [0.15, 0.2) is 0 Å². The zero-order valence-corrected chi connectivity index (χ0v) is 11.6. The van der Waals surface area contributed by atoms with Gasteiger partial charge in [0.25, 0.3) is 5.92 Å². The molecular formula is C12H22F2N2O3. The molecule has 19 heavy (non-hydrogen) atoms. The standard InChI is InChI=1S/C12H22F2N2O3/c1-10(2,3)19-9(17)16-6-4-11(18,5-7-16)12(13,14)8-15/h18H,4-8,15H2,1-3H3. The van der Waals surface area contributed by atoms with Crippen molar-refractivity contribution in [2.45, 2.75) is 50.7 Å². The highest BCUT2D eigenvalue weighted by atomic mass is 19.3. The van der Waals surface area contributed by atoms with Crippen LogP contribution in [0.15, 0.2) is 0 Å². The van der Waals surface area contributed by atoms with Gasteiger partial charge in [0, 0.05) is 13.1 Å². The molecular weight excluding hydrogens is 258 g/mol. The topological polar surface area (TPSA) is 75.8 Å². The summed E-state index contributed by atoms with van der Waals surface area (Å²) in [4.78, 5) is 13.1. The van der Waals surface area contributed by atoms with E-state index in [1.165, 1.54) is 4.90 Å². The van der Waals surface area contributed by atoms with Crippen molar-refractivity contribution in [3.05, 3.63) is 0 Å². The molecule has 7 heteroatoms. The van der Waals surface area contributed by atoms with Crippen molar-refractivity contribution >= 4 is 6.09 Å². The minimum absolute atomic E-state index is 0.0288. The summed E-state index contributed by atoms with van der Waals surface area (Å²) in [7, 11) is 0. The number of alkyl halides is 2. The van der Waals surface area contributed by atoms with Crippen LogP contribution in [0.25, 0.3) is 0 Å². The number of hydrogen-bond donors (Lipinski definition) is 2. The lowest BCUT2D eigenvalue weighted by molar-refractivity contribution is -0.193. The SMILES string of the molecule is CC(C)(C)OC(=O)N1CCC(O)(C(F)(F)CN)CC1. The highest BCUT2D eigenvalue weighted by Gasteiger charge is 2.53. The lowest BCUT2D eigenvalue weighted by Gasteiger charge is -2.42. The molecule has 1 fully saturated rings. The Bertz CT molecular complexity index is 334. The van der Waals surface area contributed by atoms with Crippen molar-refractivity contribution < 1.29 is 23.4 Å². The van der Waals surface area contributed by atoms with Crippen LogP contribution in [-0.4, -0.2) is 52.9 Å². The summed E-state index contributed by atoms with van der Waals surface area (Å²) >= 11 is 0. The van der Waals surface area contributed by atoms with Gasteiger partial charge in [-0.1, -0.05) is 0 Å². The molecule has 5 nitrogen and oxygen atoms in total. The summed E-state index contributed by atoms with van der Waals surface area (Å²) in [6.45, 7) is 4.34. The molecule has 1 saturated heterocycles. The molecule has 0 atom stereocenters. The van der Waals surface area contributed by atoms with Crippen LogP contribution in [-0.2, 0) is 4.74 Å². The van der Waals surface area contributed by atoms with E-state index in [4.69, 9.17) is 10.5 Å². The number of nitrogens with zero attached hydrogens (tertiary/aromatic N) is 1. The van der Waals surface area contributed by atoms with E-state index in [1.807, 2.05) is 0 Å². The van der Waals surface area contributed by atoms with Crippen LogP contribution in [0.1, 0.15) is 33.6 Å². The summed E-state index contributed by atoms with van der Waals surface area (Å²) in [5.41, 5.74) is 2.21. The number of hydrogen-bond acceptors (Lipinski definition) is 4. The summed E-state index contributed by atoms with van der Waals surface area (Å²) in [6.07, 6.45) is -0.974. The molecule has 0 saturated carbocycles. The number of amides is 1. The molecule has 112 valence electrons. The Kier molecular flexibility index (Phi) is 4.41. The highest BCUT2D eigenvalue weighted by Crippen LogP contribution is 2.36. The summed E-state index contributed by atoms with van der Waals surface area (Å²) < 4.78 is 32.2. The van der Waals surface area contributed by atoms with E-state index in [2.05, 4.69) is 0 Å². The molecule has 0 aromatic carbocycles. The molecule has 0 bridgehead atoms. The van der Waals surface area contributed by atoms with Gasteiger partial charge in [-0.05, 0) is 33.6 Å². The third-order valence-corrected chi connectivity index (χ3v) is 3.18. The number of carbonyl (C=O) groups excluding carboxylic acids is 1. The van der Waals surface area contributed by atoms with E-state index in [9.17, 15) is 18.7 Å². The van der Waals surface area contributed by atoms with E-state index in [0.717, 1.165) is 0 Å². The molecule has 1 aliphatic heterocycles. The molecule has 1 amide bonds. The van der Waals surface area contributed by atoms with Crippen molar-refractivity contribution in [3.8, 4) is 0 Å². The average molecular weight is 280 g/mol. The Morgan fingerprint density at radius 1 is 1.37 bits per heavy atom. The fourth-order valence-electron chi connectivity index (χ4n) is 1.94. The predicted molar refractivity (Wildman–Crippen MR) is 66.0 cm³/mol. The second kappa shape index (κ2) is 5.20. The lowest BCUT2D eigenvalue weighted by atomic mass is 9.85. The normalized spacial score (nSPS) is 20.3. The van der Waals surface area contributed by atoms with Gasteiger partial charge in [-0.25, -0.2) is 13.6 Å². The van der Waals surface area contributed by atoms with Crippen LogP contribution in [0.2, 0.25) is 0 Å². The number of rotatable bonds is 2. The van der Waals surface area contributed by atoms with E-state index in [1.54, 1.807) is 20.8 Å². The second-order valence-corrected chi connectivity index (χ2v) is 5.91. The van der Waals surface area contributed by atoms with Crippen LogP contribution >= 0.6 is 0 Å². The maximum atomic E-state index is 13.5. The smallest absolute Gasteiger partial charge is 0.410 e. The zero-order chi connectivity index (χ0) is 14.9. The first kappa shape index (κ1) is 16.1. The Morgan fingerprint density at radius 2 is 1.84 bits per heavy atom. The van der Waals surface area contributed by atoms with Crippen LogP contribution in [0.3, 0.4) is 0 Å². The molecule has 0 aromatic heterocycles. The summed E-state index contributed by atoms with van der Waals surface area (Å²) in [5.74, 6) is -3.34. The van der Waals surface area contributed by atoms with Gasteiger partial charge in [-0.3, -0.25) is 0 Å². The second-order valence-electron chi connectivity index (χ2n) is 5.91. The van der Waals surface area contributed by atoms with Crippen LogP contribution in [0, 0.1) is 0 Å². The Balaban J connectivity index is 2.60. The first-order valence-corrected chi connectivity index (χ1v) is 6.29. The molecule has 0 aromatic rings. The van der Waals surface area contributed by atoms with Crippen LogP contribution < -0.4 is 5.73 Å². The van der Waals surface area contributed by atoms with Gasteiger partial charge in [0.2, 0.25) is 0 Å². The Labute approximate surface area is 111 Å². The fraction of sp³-hybridized carbons (Fsp3) is 0.917. The number of likely N-dealkylation sites (tertiary alicyclic amines) is 1. The average Bonchev–Trinajstić information content (AvgIpc) is 2.27. The molecule has 0 unspecified atom stereocenters. The summed E-state index contributed by atoms with van der Waals surface area (Å²) in [5, 5.41) is 9.92. The van der Waals surface area contributed by atoms with E-state index >= 15 is 0 Å². The number of carbonyl (C=O) groups is 1. The third kappa shape index (κ3) is 3.76. The number of nitrogens with two attached hydrogens (primary N) is 1. The quantitative estimate of drug-likeness (QED) is 0.800. The fourth-order valence-corrected chi connectivity index (χ4v) is 1.94. The number of aliphatic hydroxyl groups is 1. The number of halogens is 2. The van der Waals surface area contributed by atoms with Crippen molar-refractivity contribution in [2.75, 3.05) is 19.6 Å². The van der Waals surface area contributed by atoms with Crippen LogP contribution in [0.5, 0.6) is 0 Å². The van der Waals surface area contributed by atoms with Gasteiger partial charge in [-0.15, -0.1) is 0 Å². The molecule has 0 spiro atoms. The van der Waals surface area contributed by atoms with Gasteiger partial charge in [0.1, 0.15) is 11.2 Å². The third-order valence-electron chi connectivity index (χ3n) is 3.18. The molecule has 1 aliphatic rings. The van der Waals surface area contributed by atoms with Crippen molar-refractivity contribution in [2.24, 2.45) is 5.73 Å². The van der Waals surface area contributed by atoms with Crippen molar-refractivity contribution in [1.29, 1.82) is 0 Å². The Morgan fingerprint density at radius 3 is 2.21 bits per heavy atom. The van der Waals surface area contributed by atoms with Gasteiger partial charge in [-0.2, -0.15) is 0 Å².